The lowest BCUT2D eigenvalue weighted by Crippen LogP contribution is -2.47. The van der Waals surface area contributed by atoms with Crippen LogP contribution in [0.3, 0.4) is 0 Å². The van der Waals surface area contributed by atoms with Crippen LogP contribution in [0.1, 0.15) is 34.9 Å². The van der Waals surface area contributed by atoms with Crippen LogP contribution in [0.25, 0.3) is 0 Å². The molecular weight excluding hydrogens is 674 g/mol. The topological polar surface area (TPSA) is 191 Å². The number of hydrogen-bond donors (Lipinski definition) is 3. The number of nitrogens with two attached hydrogens (primary N) is 1. The van der Waals surface area contributed by atoms with Gasteiger partial charge in [-0.3, -0.25) is 19.8 Å². The van der Waals surface area contributed by atoms with Crippen molar-refractivity contribution in [2.75, 3.05) is 61.9 Å². The number of thiazole rings is 1. The number of halogens is 1. The third-order valence-corrected chi connectivity index (χ3v) is 8.05. The second-order valence-electron chi connectivity index (χ2n) is 9.98. The number of nitrogens with zero attached hydrogens (tertiary/aromatic N) is 6. The van der Waals surface area contributed by atoms with Crippen LogP contribution in [-0.4, -0.2) is 83.2 Å². The predicted octanol–water partition coefficient (Wildman–Crippen LogP) is 6.05. The number of aryl methyl sites for hydroxylation is 2. The van der Waals surface area contributed by atoms with E-state index >= 15 is 0 Å². The molecule has 1 aliphatic rings. The highest BCUT2D eigenvalue weighted by Crippen LogP contribution is 2.28. The lowest BCUT2D eigenvalue weighted by molar-refractivity contribution is -0.384. The Hall–Kier alpha value is -4.90. The van der Waals surface area contributed by atoms with E-state index < -0.39 is 11.1 Å². The van der Waals surface area contributed by atoms with Gasteiger partial charge >= 0.3 is 6.16 Å². The fourth-order valence-corrected chi connectivity index (χ4v) is 5.50. The number of rotatable bonds is 10. The zero-order chi connectivity index (χ0) is 35.9. The number of nitro groups is 1. The number of para-hydroxylation sites is 1. The first kappa shape index (κ1) is 38.5. The van der Waals surface area contributed by atoms with Crippen molar-refractivity contribution in [3.8, 4) is 5.75 Å². The van der Waals surface area contributed by atoms with Gasteiger partial charge in [0, 0.05) is 50.9 Å². The zero-order valence-corrected chi connectivity index (χ0v) is 29.5. The number of piperazine rings is 1. The van der Waals surface area contributed by atoms with E-state index in [0.717, 1.165) is 24.5 Å². The Kier molecular flexibility index (Phi) is 15.1. The molecule has 0 bridgehead atoms. The van der Waals surface area contributed by atoms with E-state index in [1.807, 2.05) is 45.9 Å². The van der Waals surface area contributed by atoms with Gasteiger partial charge in [0.25, 0.3) is 11.6 Å². The van der Waals surface area contributed by atoms with Crippen molar-refractivity contribution in [2.24, 2.45) is 5.73 Å². The first-order valence-electron chi connectivity index (χ1n) is 15.4. The van der Waals surface area contributed by atoms with Gasteiger partial charge in [0.15, 0.2) is 5.13 Å². The van der Waals surface area contributed by atoms with Crippen molar-refractivity contribution >= 4 is 63.1 Å². The first-order chi connectivity index (χ1) is 23.6. The van der Waals surface area contributed by atoms with E-state index in [2.05, 4.69) is 41.1 Å². The maximum absolute atomic E-state index is 12.8. The molecule has 2 aromatic carbocycles. The number of benzene rings is 2. The quantitative estimate of drug-likeness (QED) is 0.0746. The number of nitrogens with one attached hydrogen (secondary N) is 2. The number of nitro benzene ring substituents is 1. The fraction of sp³-hybridized carbons (Fsp3) is 0.344. The second-order valence-corrected chi connectivity index (χ2v) is 11.4. The van der Waals surface area contributed by atoms with E-state index in [9.17, 15) is 19.7 Å². The summed E-state index contributed by atoms with van der Waals surface area (Å²) in [6, 6.07) is 12.4. The normalized spacial score (nSPS) is 12.4. The molecule has 262 valence electrons. The smallest absolute Gasteiger partial charge is 0.433 e. The van der Waals surface area contributed by atoms with Crippen molar-refractivity contribution in [1.29, 1.82) is 0 Å². The molecule has 3 heterocycles. The summed E-state index contributed by atoms with van der Waals surface area (Å²) in [6.45, 7) is 11.2. The highest BCUT2D eigenvalue weighted by Gasteiger charge is 2.20. The largest absolute Gasteiger partial charge is 0.513 e. The fourth-order valence-electron chi connectivity index (χ4n) is 4.51. The van der Waals surface area contributed by atoms with E-state index in [1.165, 1.54) is 48.8 Å². The molecule has 0 atom stereocenters. The minimum absolute atomic E-state index is 0.0976. The lowest BCUT2D eigenvalue weighted by atomic mass is 10.2. The van der Waals surface area contributed by atoms with Crippen molar-refractivity contribution in [2.45, 2.75) is 27.7 Å². The summed E-state index contributed by atoms with van der Waals surface area (Å²) >= 11 is 7.45. The van der Waals surface area contributed by atoms with Crippen LogP contribution in [0.15, 0.2) is 54.7 Å². The van der Waals surface area contributed by atoms with Gasteiger partial charge in [0.1, 0.15) is 34.7 Å². The van der Waals surface area contributed by atoms with Crippen molar-refractivity contribution in [3.05, 3.63) is 86.1 Å². The van der Waals surface area contributed by atoms with Crippen LogP contribution in [0.5, 0.6) is 5.75 Å². The van der Waals surface area contributed by atoms with Crippen molar-refractivity contribution < 1.29 is 24.0 Å². The summed E-state index contributed by atoms with van der Waals surface area (Å²) in [7, 11) is 1.50. The summed E-state index contributed by atoms with van der Waals surface area (Å²) in [5, 5.41) is 17.8. The molecule has 5 rings (SSSR count). The Morgan fingerprint density at radius 2 is 1.76 bits per heavy atom. The van der Waals surface area contributed by atoms with Crippen LogP contribution in [-0.2, 0) is 4.74 Å². The number of amides is 1. The Morgan fingerprint density at radius 1 is 1.06 bits per heavy atom. The van der Waals surface area contributed by atoms with Crippen LogP contribution in [0.2, 0.25) is 5.02 Å². The molecule has 1 fully saturated rings. The maximum atomic E-state index is 12.8. The van der Waals surface area contributed by atoms with Gasteiger partial charge in [-0.15, -0.1) is 0 Å². The first-order valence-corrected chi connectivity index (χ1v) is 16.6. The van der Waals surface area contributed by atoms with Crippen molar-refractivity contribution in [3.63, 3.8) is 0 Å². The molecule has 0 aliphatic carbocycles. The molecule has 49 heavy (non-hydrogen) atoms. The van der Waals surface area contributed by atoms with E-state index in [4.69, 9.17) is 21.1 Å². The third-order valence-electron chi connectivity index (χ3n) is 6.82. The number of anilines is 4. The number of hydrogen-bond acceptors (Lipinski definition) is 14. The lowest BCUT2D eigenvalue weighted by Gasteiger charge is -2.35. The average Bonchev–Trinajstić information content (AvgIpc) is 3.57. The molecule has 1 saturated heterocycles. The van der Waals surface area contributed by atoms with Crippen LogP contribution in [0.4, 0.5) is 32.9 Å². The summed E-state index contributed by atoms with van der Waals surface area (Å²) in [4.78, 5) is 53.2. The molecular formula is C32H40ClN9O6S. The van der Waals surface area contributed by atoms with Gasteiger partial charge in [0.2, 0.25) is 0 Å². The highest BCUT2D eigenvalue weighted by atomic mass is 35.5. The molecule has 0 unspecified atom stereocenters. The number of ether oxygens (including phenoxy) is 2. The van der Waals surface area contributed by atoms with Crippen LogP contribution >= 0.6 is 22.9 Å². The third kappa shape index (κ3) is 11.3. The molecule has 0 saturated carbocycles. The summed E-state index contributed by atoms with van der Waals surface area (Å²) in [6.07, 6.45) is 0.629. The number of carbonyl (C=O) groups is 2. The van der Waals surface area contributed by atoms with Gasteiger partial charge in [-0.05, 0) is 44.7 Å². The molecule has 4 aromatic rings. The second kappa shape index (κ2) is 19.2. The SMILES string of the molecule is CC.CN.Cc1nc(Nc2ncc(C(=O)Nc3c(C)cccc3Cl)s2)cc(N2CCN(CCOC(=O)Oc3ccc([N+](=O)[O-])cc3)CC2)n1. The summed E-state index contributed by atoms with van der Waals surface area (Å²) in [5.74, 6) is 1.76. The van der Waals surface area contributed by atoms with Gasteiger partial charge < -0.3 is 30.7 Å². The Balaban J connectivity index is 0.00000157. The van der Waals surface area contributed by atoms with E-state index in [1.54, 1.807) is 6.07 Å². The van der Waals surface area contributed by atoms with E-state index in [-0.39, 0.29) is 24.0 Å². The van der Waals surface area contributed by atoms with Gasteiger partial charge in [-0.1, -0.05) is 48.9 Å². The van der Waals surface area contributed by atoms with Crippen LogP contribution < -0.4 is 26.0 Å². The van der Waals surface area contributed by atoms with E-state index in [0.29, 0.717) is 52.0 Å². The molecule has 15 nitrogen and oxygen atoms in total. The van der Waals surface area contributed by atoms with Gasteiger partial charge in [-0.25, -0.2) is 19.7 Å². The maximum Gasteiger partial charge on any atom is 0.513 e. The number of non-ortho nitro benzene ring substituents is 1. The molecule has 0 radical (unpaired) electrons. The van der Waals surface area contributed by atoms with Gasteiger partial charge in [0.05, 0.1) is 21.8 Å². The molecule has 1 aliphatic heterocycles. The number of aromatic nitrogens is 3. The predicted molar refractivity (Wildman–Crippen MR) is 191 cm³/mol. The molecule has 4 N–H and O–H groups in total. The average molecular weight is 714 g/mol. The molecule has 17 heteroatoms. The highest BCUT2D eigenvalue weighted by molar-refractivity contribution is 7.17. The molecule has 1 amide bonds. The minimum atomic E-state index is -0.873. The Labute approximate surface area is 293 Å². The van der Waals surface area contributed by atoms with Crippen LogP contribution in [0, 0.1) is 24.0 Å². The monoisotopic (exact) mass is 713 g/mol. The van der Waals surface area contributed by atoms with Crippen molar-refractivity contribution in [1.82, 2.24) is 19.9 Å². The molecule has 0 spiro atoms. The number of carbonyl (C=O) groups excluding carboxylic acids is 2. The standard InChI is InChI=1S/C29H29ClN8O6S.C2H6.CH5N/c1-18-4-3-5-22(30)26(18)35-27(39)23-17-31-28(45-23)34-24-16-25(33-19(2)32-24)37-12-10-36(11-13-37)14-15-43-29(40)44-21-8-6-20(7-9-21)38(41)42;2*1-2/h3-9,16-17H,10-15H2,1-2H3,(H,35,39)(H,31,32,33,34);1-2H3;2H2,1H3. The van der Waals surface area contributed by atoms with Gasteiger partial charge in [-0.2, -0.15) is 0 Å². The zero-order valence-electron chi connectivity index (χ0n) is 27.9. The summed E-state index contributed by atoms with van der Waals surface area (Å²) in [5.41, 5.74) is 5.83. The molecule has 2 aromatic heterocycles. The Morgan fingerprint density at radius 3 is 2.41 bits per heavy atom. The summed E-state index contributed by atoms with van der Waals surface area (Å²) < 4.78 is 10.2. The minimum Gasteiger partial charge on any atom is -0.433 e. The Bertz CT molecular complexity index is 1680.